The van der Waals surface area contributed by atoms with Gasteiger partial charge in [0.1, 0.15) is 5.82 Å². The number of nitro groups is 1. The van der Waals surface area contributed by atoms with Gasteiger partial charge in [-0.05, 0) is 37.3 Å². The summed E-state index contributed by atoms with van der Waals surface area (Å²) in [6, 6.07) is 9.63. The van der Waals surface area contributed by atoms with Gasteiger partial charge >= 0.3 is 0 Å². The van der Waals surface area contributed by atoms with Crippen molar-refractivity contribution < 1.29 is 14.1 Å². The van der Waals surface area contributed by atoms with Crippen LogP contribution in [0.25, 0.3) is 0 Å². The van der Waals surface area contributed by atoms with E-state index in [0.717, 1.165) is 11.0 Å². The third-order valence-electron chi connectivity index (χ3n) is 2.92. The summed E-state index contributed by atoms with van der Waals surface area (Å²) in [6.07, 6.45) is 0. The monoisotopic (exact) mass is 354 g/mol. The predicted octanol–water partition coefficient (Wildman–Crippen LogP) is 4.51. The number of nitrogens with zero attached hydrogens (tertiary/aromatic N) is 1. The highest BCUT2D eigenvalue weighted by Gasteiger charge is 2.16. The molecule has 1 amide bonds. The van der Waals surface area contributed by atoms with E-state index in [-0.39, 0.29) is 16.6 Å². The Balaban J connectivity index is 2.00. The molecular formula is C15H12ClFN2O3S. The molecule has 1 unspecified atom stereocenters. The highest BCUT2D eigenvalue weighted by atomic mass is 35.5. The topological polar surface area (TPSA) is 72.2 Å². The molecule has 0 aromatic heterocycles. The van der Waals surface area contributed by atoms with Gasteiger partial charge in [-0.15, -0.1) is 11.8 Å². The Kier molecular flexibility index (Phi) is 5.57. The van der Waals surface area contributed by atoms with E-state index in [0.29, 0.717) is 5.69 Å². The Morgan fingerprint density at radius 3 is 2.52 bits per heavy atom. The van der Waals surface area contributed by atoms with Crippen LogP contribution in [-0.4, -0.2) is 16.1 Å². The van der Waals surface area contributed by atoms with Crippen LogP contribution in [0.2, 0.25) is 5.02 Å². The zero-order valence-electron chi connectivity index (χ0n) is 12.0. The van der Waals surface area contributed by atoms with E-state index >= 15 is 0 Å². The van der Waals surface area contributed by atoms with Gasteiger partial charge in [-0.3, -0.25) is 14.9 Å². The molecular weight excluding hydrogens is 343 g/mol. The van der Waals surface area contributed by atoms with Gasteiger partial charge in [-0.2, -0.15) is 0 Å². The molecule has 0 bridgehead atoms. The van der Waals surface area contributed by atoms with E-state index in [1.807, 2.05) is 0 Å². The predicted molar refractivity (Wildman–Crippen MR) is 88.5 cm³/mol. The number of carbonyl (C=O) groups excluding carboxylic acids is 1. The molecule has 0 fully saturated rings. The molecule has 2 rings (SSSR count). The lowest BCUT2D eigenvalue weighted by Crippen LogP contribution is -2.22. The molecule has 1 N–H and O–H groups in total. The number of rotatable bonds is 5. The van der Waals surface area contributed by atoms with Crippen LogP contribution in [0.5, 0.6) is 0 Å². The minimum atomic E-state index is -0.485. The third-order valence-corrected chi connectivity index (χ3v) is 4.34. The van der Waals surface area contributed by atoms with Gasteiger partial charge in [-0.1, -0.05) is 11.6 Å². The number of amides is 1. The van der Waals surface area contributed by atoms with Crippen molar-refractivity contribution in [2.24, 2.45) is 0 Å². The number of anilines is 1. The summed E-state index contributed by atoms with van der Waals surface area (Å²) in [5.41, 5.74) is 0.318. The van der Waals surface area contributed by atoms with E-state index in [1.54, 1.807) is 19.1 Å². The van der Waals surface area contributed by atoms with E-state index in [9.17, 15) is 19.3 Å². The zero-order chi connectivity index (χ0) is 17.0. The molecule has 0 aliphatic carbocycles. The maximum Gasteiger partial charge on any atom is 0.269 e. The van der Waals surface area contributed by atoms with Gasteiger partial charge in [0.15, 0.2) is 0 Å². The van der Waals surface area contributed by atoms with Crippen molar-refractivity contribution in [3.8, 4) is 0 Å². The summed E-state index contributed by atoms with van der Waals surface area (Å²) in [6.45, 7) is 1.69. The fraction of sp³-hybridized carbons (Fsp3) is 0.133. The van der Waals surface area contributed by atoms with Gasteiger partial charge < -0.3 is 5.32 Å². The van der Waals surface area contributed by atoms with Crippen LogP contribution in [0.15, 0.2) is 47.4 Å². The standard InChI is InChI=1S/C15H12ClFN2O3S/c1-9(23-12-5-3-11(4-6-12)19(21)22)15(20)18-14-7-2-10(17)8-13(14)16/h2-9H,1H3,(H,18,20). The highest BCUT2D eigenvalue weighted by Crippen LogP contribution is 2.27. The summed E-state index contributed by atoms with van der Waals surface area (Å²) >= 11 is 7.11. The number of non-ortho nitro benzene ring substituents is 1. The molecule has 0 saturated heterocycles. The van der Waals surface area contributed by atoms with E-state index in [4.69, 9.17) is 11.6 Å². The van der Waals surface area contributed by atoms with Crippen molar-refractivity contribution >= 4 is 40.6 Å². The van der Waals surface area contributed by atoms with Crippen molar-refractivity contribution in [1.82, 2.24) is 0 Å². The second-order valence-electron chi connectivity index (χ2n) is 4.62. The van der Waals surface area contributed by atoms with Gasteiger partial charge in [0.2, 0.25) is 5.91 Å². The van der Waals surface area contributed by atoms with Gasteiger partial charge in [0, 0.05) is 17.0 Å². The second-order valence-corrected chi connectivity index (χ2v) is 6.45. The molecule has 1 atom stereocenters. The van der Waals surface area contributed by atoms with Gasteiger partial charge in [-0.25, -0.2) is 4.39 Å². The molecule has 120 valence electrons. The van der Waals surface area contributed by atoms with Crippen molar-refractivity contribution in [2.45, 2.75) is 17.1 Å². The van der Waals surface area contributed by atoms with Crippen molar-refractivity contribution in [1.29, 1.82) is 0 Å². The van der Waals surface area contributed by atoms with Crippen molar-refractivity contribution in [2.75, 3.05) is 5.32 Å². The van der Waals surface area contributed by atoms with Crippen LogP contribution in [0.3, 0.4) is 0 Å². The first-order valence-corrected chi connectivity index (χ1v) is 7.79. The Bertz CT molecular complexity index is 740. The lowest BCUT2D eigenvalue weighted by atomic mass is 10.3. The smallest absolute Gasteiger partial charge is 0.269 e. The van der Waals surface area contributed by atoms with E-state index in [1.165, 1.54) is 36.0 Å². The molecule has 23 heavy (non-hydrogen) atoms. The van der Waals surface area contributed by atoms with Crippen molar-refractivity contribution in [3.05, 3.63) is 63.4 Å². The number of thioether (sulfide) groups is 1. The van der Waals surface area contributed by atoms with E-state index in [2.05, 4.69) is 5.32 Å². The van der Waals surface area contributed by atoms with Gasteiger partial charge in [0.25, 0.3) is 5.69 Å². The number of halogens is 2. The molecule has 0 aliphatic rings. The maximum absolute atomic E-state index is 13.0. The molecule has 0 heterocycles. The minimum absolute atomic E-state index is 0.00968. The van der Waals surface area contributed by atoms with Crippen LogP contribution < -0.4 is 5.32 Å². The number of hydrogen-bond donors (Lipinski definition) is 1. The van der Waals surface area contributed by atoms with Crippen LogP contribution in [-0.2, 0) is 4.79 Å². The van der Waals surface area contributed by atoms with E-state index < -0.39 is 16.0 Å². The highest BCUT2D eigenvalue weighted by molar-refractivity contribution is 8.00. The number of benzene rings is 2. The molecule has 2 aromatic rings. The molecule has 0 saturated carbocycles. The average molecular weight is 355 g/mol. The fourth-order valence-electron chi connectivity index (χ4n) is 1.73. The Morgan fingerprint density at radius 1 is 1.30 bits per heavy atom. The number of hydrogen-bond acceptors (Lipinski definition) is 4. The van der Waals surface area contributed by atoms with Crippen LogP contribution in [0, 0.1) is 15.9 Å². The summed E-state index contributed by atoms with van der Waals surface area (Å²) in [7, 11) is 0. The lowest BCUT2D eigenvalue weighted by Gasteiger charge is -2.13. The number of carbonyl (C=O) groups is 1. The Morgan fingerprint density at radius 2 is 1.96 bits per heavy atom. The van der Waals surface area contributed by atoms with Crippen LogP contribution >= 0.6 is 23.4 Å². The summed E-state index contributed by atoms with van der Waals surface area (Å²) in [5.74, 6) is -0.789. The molecule has 0 radical (unpaired) electrons. The normalized spacial score (nSPS) is 11.8. The molecule has 2 aromatic carbocycles. The van der Waals surface area contributed by atoms with Crippen LogP contribution in [0.4, 0.5) is 15.8 Å². The Labute approximate surface area is 141 Å². The SMILES string of the molecule is CC(Sc1ccc([N+](=O)[O-])cc1)C(=O)Nc1ccc(F)cc1Cl. The summed E-state index contributed by atoms with van der Waals surface area (Å²) in [4.78, 5) is 23.0. The van der Waals surface area contributed by atoms with Crippen molar-refractivity contribution in [3.63, 3.8) is 0 Å². The second kappa shape index (κ2) is 7.43. The first kappa shape index (κ1) is 17.2. The molecule has 8 heteroatoms. The largest absolute Gasteiger partial charge is 0.324 e. The molecule has 0 spiro atoms. The summed E-state index contributed by atoms with van der Waals surface area (Å²) < 4.78 is 13.0. The number of nitro benzene ring substituents is 1. The number of nitrogens with one attached hydrogen (secondary N) is 1. The fourth-order valence-corrected chi connectivity index (χ4v) is 2.81. The van der Waals surface area contributed by atoms with Gasteiger partial charge in [0.05, 0.1) is 20.9 Å². The maximum atomic E-state index is 13.0. The Hall–Kier alpha value is -2.12. The first-order chi connectivity index (χ1) is 10.9. The molecule has 0 aliphatic heterocycles. The van der Waals surface area contributed by atoms with Crippen LogP contribution in [0.1, 0.15) is 6.92 Å². The third kappa shape index (κ3) is 4.67. The quantitative estimate of drug-likeness (QED) is 0.487. The zero-order valence-corrected chi connectivity index (χ0v) is 13.5. The first-order valence-electron chi connectivity index (χ1n) is 6.54. The minimum Gasteiger partial charge on any atom is -0.324 e. The average Bonchev–Trinajstić information content (AvgIpc) is 2.50. The molecule has 5 nitrogen and oxygen atoms in total. The summed E-state index contributed by atoms with van der Waals surface area (Å²) in [5, 5.41) is 12.9. The lowest BCUT2D eigenvalue weighted by molar-refractivity contribution is -0.384.